The predicted molar refractivity (Wildman–Crippen MR) is 55.0 cm³/mol. The van der Waals surface area contributed by atoms with E-state index in [2.05, 4.69) is 11.9 Å². The fourth-order valence-corrected chi connectivity index (χ4v) is 4.03. The van der Waals surface area contributed by atoms with Crippen LogP contribution in [-0.2, 0) is 4.79 Å². The van der Waals surface area contributed by atoms with Crippen LogP contribution >= 0.6 is 0 Å². The van der Waals surface area contributed by atoms with Gasteiger partial charge in [0, 0.05) is 6.54 Å². The van der Waals surface area contributed by atoms with Crippen LogP contribution in [0.1, 0.15) is 32.6 Å². The van der Waals surface area contributed by atoms with Gasteiger partial charge in [0.15, 0.2) is 0 Å². The second kappa shape index (κ2) is 2.60. The van der Waals surface area contributed by atoms with E-state index < -0.39 is 0 Å². The molecule has 3 atom stereocenters. The molecule has 0 bridgehead atoms. The standard InChI is InChI=1S/C12H19NO/c1-8(14)11-10-6-12(3-4-12)5-9(10)7-13(11)2/h9-11H,3-7H2,1-2H3/t9-,10-,11+/m0/s1. The van der Waals surface area contributed by atoms with Crippen LogP contribution in [0.4, 0.5) is 0 Å². The van der Waals surface area contributed by atoms with Gasteiger partial charge in [-0.3, -0.25) is 9.69 Å². The average Bonchev–Trinajstić information content (AvgIpc) is 2.61. The summed E-state index contributed by atoms with van der Waals surface area (Å²) in [6.45, 7) is 2.93. The van der Waals surface area contributed by atoms with Gasteiger partial charge in [-0.05, 0) is 56.9 Å². The molecule has 0 unspecified atom stereocenters. The molecule has 78 valence electrons. The van der Waals surface area contributed by atoms with Crippen molar-refractivity contribution in [1.29, 1.82) is 0 Å². The smallest absolute Gasteiger partial charge is 0.147 e. The summed E-state index contributed by atoms with van der Waals surface area (Å²) in [5.74, 6) is 1.91. The summed E-state index contributed by atoms with van der Waals surface area (Å²) < 4.78 is 0. The minimum Gasteiger partial charge on any atom is -0.298 e. The molecular formula is C12H19NO. The molecule has 2 saturated carbocycles. The number of carbonyl (C=O) groups excluding carboxylic acids is 1. The van der Waals surface area contributed by atoms with Crippen LogP contribution in [0, 0.1) is 17.3 Å². The van der Waals surface area contributed by atoms with Gasteiger partial charge in [0.25, 0.3) is 0 Å². The summed E-state index contributed by atoms with van der Waals surface area (Å²) in [7, 11) is 2.12. The molecule has 14 heavy (non-hydrogen) atoms. The van der Waals surface area contributed by atoms with Gasteiger partial charge >= 0.3 is 0 Å². The van der Waals surface area contributed by atoms with Gasteiger partial charge in [0.05, 0.1) is 6.04 Å². The van der Waals surface area contributed by atoms with Gasteiger partial charge in [-0.1, -0.05) is 0 Å². The quantitative estimate of drug-likeness (QED) is 0.631. The van der Waals surface area contributed by atoms with E-state index in [1.54, 1.807) is 6.92 Å². The Morgan fingerprint density at radius 1 is 1.36 bits per heavy atom. The van der Waals surface area contributed by atoms with E-state index >= 15 is 0 Å². The number of likely N-dealkylation sites (tertiary alicyclic amines) is 1. The van der Waals surface area contributed by atoms with Crippen LogP contribution in [-0.4, -0.2) is 30.3 Å². The molecule has 2 heteroatoms. The lowest BCUT2D eigenvalue weighted by Crippen LogP contribution is -2.36. The molecule has 0 radical (unpaired) electrons. The van der Waals surface area contributed by atoms with E-state index in [-0.39, 0.29) is 6.04 Å². The molecule has 1 aliphatic heterocycles. The molecule has 0 aromatic heterocycles. The number of likely N-dealkylation sites (N-methyl/N-ethyl adjacent to an activating group) is 1. The molecule has 0 aromatic carbocycles. The Bertz CT molecular complexity index is 282. The number of ketones is 1. The molecule has 3 aliphatic rings. The Hall–Kier alpha value is -0.370. The fraction of sp³-hybridized carbons (Fsp3) is 0.917. The number of rotatable bonds is 1. The van der Waals surface area contributed by atoms with E-state index in [0.29, 0.717) is 17.1 Å². The molecule has 1 heterocycles. The highest BCUT2D eigenvalue weighted by Crippen LogP contribution is 2.64. The van der Waals surface area contributed by atoms with E-state index in [9.17, 15) is 4.79 Å². The van der Waals surface area contributed by atoms with Crippen molar-refractivity contribution in [2.24, 2.45) is 17.3 Å². The molecule has 1 spiro atoms. The highest BCUT2D eigenvalue weighted by molar-refractivity contribution is 5.82. The van der Waals surface area contributed by atoms with Gasteiger partial charge in [0.2, 0.25) is 0 Å². The molecule has 0 N–H and O–H groups in total. The SMILES string of the molecule is CC(=O)[C@@H]1[C@H]2CC3(CC3)C[C@H]2CN1C. The van der Waals surface area contributed by atoms with Gasteiger partial charge < -0.3 is 0 Å². The lowest BCUT2D eigenvalue weighted by atomic mass is 9.91. The van der Waals surface area contributed by atoms with Crippen LogP contribution < -0.4 is 0 Å². The maximum absolute atomic E-state index is 11.6. The van der Waals surface area contributed by atoms with Crippen molar-refractivity contribution in [2.75, 3.05) is 13.6 Å². The van der Waals surface area contributed by atoms with Crippen LogP contribution in [0.3, 0.4) is 0 Å². The molecular weight excluding hydrogens is 174 g/mol. The van der Waals surface area contributed by atoms with Crippen LogP contribution in [0.25, 0.3) is 0 Å². The molecule has 0 amide bonds. The minimum absolute atomic E-state index is 0.250. The first kappa shape index (κ1) is 8.90. The minimum atomic E-state index is 0.250. The van der Waals surface area contributed by atoms with Gasteiger partial charge in [0.1, 0.15) is 5.78 Å². The Balaban J connectivity index is 1.83. The number of hydrogen-bond acceptors (Lipinski definition) is 2. The summed E-state index contributed by atoms with van der Waals surface area (Å²) in [6.07, 6.45) is 5.63. The first-order chi connectivity index (χ1) is 6.61. The van der Waals surface area contributed by atoms with Crippen molar-refractivity contribution < 1.29 is 4.79 Å². The second-order valence-corrected chi connectivity index (χ2v) is 5.83. The van der Waals surface area contributed by atoms with Crippen molar-refractivity contribution >= 4 is 5.78 Å². The fourth-order valence-electron chi connectivity index (χ4n) is 4.03. The van der Waals surface area contributed by atoms with Crippen molar-refractivity contribution in [2.45, 2.75) is 38.6 Å². The van der Waals surface area contributed by atoms with Gasteiger partial charge in [-0.25, -0.2) is 0 Å². The normalized spacial score (nSPS) is 44.3. The summed E-state index contributed by atoms with van der Waals surface area (Å²) in [6, 6.07) is 0.250. The third-order valence-corrected chi connectivity index (χ3v) is 4.75. The summed E-state index contributed by atoms with van der Waals surface area (Å²) >= 11 is 0. The highest BCUT2D eigenvalue weighted by atomic mass is 16.1. The van der Waals surface area contributed by atoms with E-state index in [1.165, 1.54) is 25.7 Å². The monoisotopic (exact) mass is 193 g/mol. The zero-order valence-corrected chi connectivity index (χ0v) is 9.12. The Morgan fingerprint density at radius 2 is 2.07 bits per heavy atom. The molecule has 0 aromatic rings. The topological polar surface area (TPSA) is 20.3 Å². The molecule has 2 nitrogen and oxygen atoms in total. The second-order valence-electron chi connectivity index (χ2n) is 5.83. The van der Waals surface area contributed by atoms with E-state index in [0.717, 1.165) is 12.5 Å². The summed E-state index contributed by atoms with van der Waals surface area (Å²) in [5.41, 5.74) is 0.713. The third-order valence-electron chi connectivity index (χ3n) is 4.75. The molecule has 1 saturated heterocycles. The summed E-state index contributed by atoms with van der Waals surface area (Å²) in [4.78, 5) is 13.9. The van der Waals surface area contributed by atoms with Gasteiger partial charge in [-0.2, -0.15) is 0 Å². The number of carbonyl (C=O) groups is 1. The molecule has 3 fully saturated rings. The van der Waals surface area contributed by atoms with Crippen molar-refractivity contribution in [1.82, 2.24) is 4.90 Å². The van der Waals surface area contributed by atoms with Crippen LogP contribution in [0.5, 0.6) is 0 Å². The van der Waals surface area contributed by atoms with E-state index in [1.807, 2.05) is 0 Å². The number of fused-ring (bicyclic) bond motifs is 1. The van der Waals surface area contributed by atoms with Crippen molar-refractivity contribution in [3.8, 4) is 0 Å². The Kier molecular flexibility index (Phi) is 1.65. The largest absolute Gasteiger partial charge is 0.298 e. The molecule has 3 rings (SSSR count). The van der Waals surface area contributed by atoms with Crippen LogP contribution in [0.15, 0.2) is 0 Å². The zero-order valence-electron chi connectivity index (χ0n) is 9.12. The Labute approximate surface area is 85.7 Å². The maximum atomic E-state index is 11.6. The van der Waals surface area contributed by atoms with Crippen molar-refractivity contribution in [3.05, 3.63) is 0 Å². The average molecular weight is 193 g/mol. The first-order valence-electron chi connectivity index (χ1n) is 5.82. The number of Topliss-reactive ketones (excluding diaryl/α,β-unsaturated/α-hetero) is 1. The van der Waals surface area contributed by atoms with Crippen molar-refractivity contribution in [3.63, 3.8) is 0 Å². The number of nitrogens with zero attached hydrogens (tertiary/aromatic N) is 1. The maximum Gasteiger partial charge on any atom is 0.147 e. The Morgan fingerprint density at radius 3 is 2.64 bits per heavy atom. The third kappa shape index (κ3) is 1.10. The molecule has 2 aliphatic carbocycles. The van der Waals surface area contributed by atoms with Gasteiger partial charge in [-0.15, -0.1) is 0 Å². The lowest BCUT2D eigenvalue weighted by molar-refractivity contribution is -0.122. The zero-order chi connectivity index (χ0) is 9.92. The summed E-state index contributed by atoms with van der Waals surface area (Å²) in [5, 5.41) is 0. The van der Waals surface area contributed by atoms with Crippen LogP contribution in [0.2, 0.25) is 0 Å². The first-order valence-corrected chi connectivity index (χ1v) is 5.82. The van der Waals surface area contributed by atoms with E-state index in [4.69, 9.17) is 0 Å². The number of hydrogen-bond donors (Lipinski definition) is 0. The lowest BCUT2D eigenvalue weighted by Gasteiger charge is -2.22. The predicted octanol–water partition coefficient (Wildman–Crippen LogP) is 1.70. The highest BCUT2D eigenvalue weighted by Gasteiger charge is 2.58.